The van der Waals surface area contributed by atoms with Gasteiger partial charge >= 0.3 is 0 Å². The molecule has 24 heavy (non-hydrogen) atoms. The van der Waals surface area contributed by atoms with E-state index < -0.39 is 5.92 Å². The molecule has 0 spiro atoms. The summed E-state index contributed by atoms with van der Waals surface area (Å²) in [5, 5.41) is 5.38. The van der Waals surface area contributed by atoms with Crippen LogP contribution in [0.3, 0.4) is 0 Å². The highest BCUT2D eigenvalue weighted by atomic mass is 19.1. The van der Waals surface area contributed by atoms with Crippen LogP contribution in [0, 0.1) is 11.7 Å². The fourth-order valence-corrected chi connectivity index (χ4v) is 2.64. The standard InChI is InChI=1S/C19H21FN2O2/c1-12(2)17(13-8-10-14(20)11-9-13)19(24)22-16-7-5-4-6-15(16)18(23)21-3/h4-12,17H,1-3H3,(H,21,23)(H,22,24). The molecule has 0 aliphatic rings. The third-order valence-electron chi connectivity index (χ3n) is 3.83. The summed E-state index contributed by atoms with van der Waals surface area (Å²) in [4.78, 5) is 24.7. The monoisotopic (exact) mass is 328 g/mol. The van der Waals surface area contributed by atoms with Gasteiger partial charge in [0.2, 0.25) is 5.91 Å². The fourth-order valence-electron chi connectivity index (χ4n) is 2.64. The van der Waals surface area contributed by atoms with Crippen molar-refractivity contribution < 1.29 is 14.0 Å². The average Bonchev–Trinajstić information content (AvgIpc) is 2.56. The van der Waals surface area contributed by atoms with E-state index in [1.165, 1.54) is 19.2 Å². The zero-order valence-corrected chi connectivity index (χ0v) is 14.0. The summed E-state index contributed by atoms with van der Waals surface area (Å²) in [5.74, 6) is -1.26. The lowest BCUT2D eigenvalue weighted by atomic mass is 9.87. The van der Waals surface area contributed by atoms with E-state index in [2.05, 4.69) is 10.6 Å². The third kappa shape index (κ3) is 3.98. The average molecular weight is 328 g/mol. The molecule has 1 unspecified atom stereocenters. The molecule has 0 aliphatic heterocycles. The molecular formula is C19H21FN2O2. The minimum Gasteiger partial charge on any atom is -0.355 e. The van der Waals surface area contributed by atoms with Crippen LogP contribution in [0.1, 0.15) is 35.7 Å². The van der Waals surface area contributed by atoms with Crippen molar-refractivity contribution in [3.63, 3.8) is 0 Å². The molecule has 2 aromatic carbocycles. The van der Waals surface area contributed by atoms with Gasteiger partial charge in [0, 0.05) is 7.05 Å². The smallest absolute Gasteiger partial charge is 0.253 e. The molecule has 0 aliphatic carbocycles. The SMILES string of the molecule is CNC(=O)c1ccccc1NC(=O)C(c1ccc(F)cc1)C(C)C. The molecule has 0 saturated carbocycles. The van der Waals surface area contributed by atoms with Gasteiger partial charge in [0.15, 0.2) is 0 Å². The molecule has 0 bridgehead atoms. The summed E-state index contributed by atoms with van der Waals surface area (Å²) in [7, 11) is 1.54. The molecule has 2 rings (SSSR count). The predicted octanol–water partition coefficient (Wildman–Crippen LogP) is 3.56. The molecule has 126 valence electrons. The van der Waals surface area contributed by atoms with Crippen LogP contribution in [0.25, 0.3) is 0 Å². The Kier molecular flexibility index (Phi) is 5.68. The van der Waals surface area contributed by atoms with Crippen molar-refractivity contribution in [2.75, 3.05) is 12.4 Å². The van der Waals surface area contributed by atoms with Crippen molar-refractivity contribution in [2.45, 2.75) is 19.8 Å². The quantitative estimate of drug-likeness (QED) is 0.881. The number of halogens is 1. The number of amides is 2. The Bertz CT molecular complexity index is 726. The highest BCUT2D eigenvalue weighted by molar-refractivity contribution is 6.05. The van der Waals surface area contributed by atoms with Crippen molar-refractivity contribution in [2.24, 2.45) is 5.92 Å². The number of carbonyl (C=O) groups excluding carboxylic acids is 2. The second kappa shape index (κ2) is 7.73. The molecule has 0 aromatic heterocycles. The number of anilines is 1. The van der Waals surface area contributed by atoms with Crippen molar-refractivity contribution in [1.82, 2.24) is 5.32 Å². The second-order valence-corrected chi connectivity index (χ2v) is 5.89. The Labute approximate surface area is 141 Å². The van der Waals surface area contributed by atoms with Crippen LogP contribution in [0.5, 0.6) is 0 Å². The van der Waals surface area contributed by atoms with Crippen LogP contribution in [0.2, 0.25) is 0 Å². The van der Waals surface area contributed by atoms with Crippen molar-refractivity contribution in [3.8, 4) is 0 Å². The van der Waals surface area contributed by atoms with E-state index in [0.717, 1.165) is 5.56 Å². The Morgan fingerprint density at radius 3 is 2.21 bits per heavy atom. The molecule has 5 heteroatoms. The summed E-state index contributed by atoms with van der Waals surface area (Å²) >= 11 is 0. The first-order chi connectivity index (χ1) is 11.4. The zero-order valence-electron chi connectivity index (χ0n) is 14.0. The summed E-state index contributed by atoms with van der Waals surface area (Å²) in [6, 6.07) is 12.7. The van der Waals surface area contributed by atoms with Crippen molar-refractivity contribution >= 4 is 17.5 Å². The van der Waals surface area contributed by atoms with E-state index >= 15 is 0 Å². The number of hydrogen-bond acceptors (Lipinski definition) is 2. The molecule has 0 heterocycles. The number of para-hydroxylation sites is 1. The lowest BCUT2D eigenvalue weighted by molar-refractivity contribution is -0.118. The normalized spacial score (nSPS) is 11.9. The van der Waals surface area contributed by atoms with Crippen molar-refractivity contribution in [3.05, 3.63) is 65.5 Å². The molecule has 0 fully saturated rings. The molecule has 2 aromatic rings. The molecular weight excluding hydrogens is 307 g/mol. The van der Waals surface area contributed by atoms with Gasteiger partial charge in [0.25, 0.3) is 5.91 Å². The summed E-state index contributed by atoms with van der Waals surface area (Å²) in [6.07, 6.45) is 0. The third-order valence-corrected chi connectivity index (χ3v) is 3.83. The van der Waals surface area contributed by atoms with Crippen LogP contribution in [0.15, 0.2) is 48.5 Å². The first-order valence-electron chi connectivity index (χ1n) is 7.81. The van der Waals surface area contributed by atoms with Crippen molar-refractivity contribution in [1.29, 1.82) is 0 Å². The number of benzene rings is 2. The van der Waals surface area contributed by atoms with E-state index in [-0.39, 0.29) is 23.5 Å². The van der Waals surface area contributed by atoms with Gasteiger partial charge in [-0.25, -0.2) is 4.39 Å². The number of nitrogens with one attached hydrogen (secondary N) is 2. The molecule has 0 saturated heterocycles. The highest BCUT2D eigenvalue weighted by Gasteiger charge is 2.25. The first kappa shape index (κ1) is 17.7. The molecule has 4 nitrogen and oxygen atoms in total. The van der Waals surface area contributed by atoms with Gasteiger partial charge in [-0.1, -0.05) is 38.1 Å². The van der Waals surface area contributed by atoms with E-state index in [0.29, 0.717) is 11.3 Å². The Hall–Kier alpha value is -2.69. The minimum atomic E-state index is -0.441. The maximum absolute atomic E-state index is 13.1. The van der Waals surface area contributed by atoms with Gasteiger partial charge in [-0.3, -0.25) is 9.59 Å². The maximum Gasteiger partial charge on any atom is 0.253 e. The largest absolute Gasteiger partial charge is 0.355 e. The number of hydrogen-bond donors (Lipinski definition) is 2. The second-order valence-electron chi connectivity index (χ2n) is 5.89. The Balaban J connectivity index is 2.29. The fraction of sp³-hybridized carbons (Fsp3) is 0.263. The van der Waals surface area contributed by atoms with Crippen LogP contribution < -0.4 is 10.6 Å². The summed E-state index contributed by atoms with van der Waals surface area (Å²) < 4.78 is 13.1. The lowest BCUT2D eigenvalue weighted by Crippen LogP contribution is -2.27. The molecule has 2 N–H and O–H groups in total. The maximum atomic E-state index is 13.1. The van der Waals surface area contributed by atoms with Gasteiger partial charge in [-0.05, 0) is 35.7 Å². The Morgan fingerprint density at radius 2 is 1.62 bits per heavy atom. The highest BCUT2D eigenvalue weighted by Crippen LogP contribution is 2.27. The molecule has 2 amide bonds. The van der Waals surface area contributed by atoms with Gasteiger partial charge in [0.1, 0.15) is 5.82 Å². The summed E-state index contributed by atoms with van der Waals surface area (Å²) in [5.41, 5.74) is 1.59. The van der Waals surface area contributed by atoms with Gasteiger partial charge in [0.05, 0.1) is 17.2 Å². The first-order valence-corrected chi connectivity index (χ1v) is 7.81. The molecule has 0 radical (unpaired) electrons. The predicted molar refractivity (Wildman–Crippen MR) is 92.4 cm³/mol. The van der Waals surface area contributed by atoms with Gasteiger partial charge < -0.3 is 10.6 Å². The van der Waals surface area contributed by atoms with Crippen LogP contribution in [-0.4, -0.2) is 18.9 Å². The number of carbonyl (C=O) groups is 2. The Morgan fingerprint density at radius 1 is 1.00 bits per heavy atom. The zero-order chi connectivity index (χ0) is 17.7. The minimum absolute atomic E-state index is 0.0163. The summed E-state index contributed by atoms with van der Waals surface area (Å²) in [6.45, 7) is 3.86. The van der Waals surface area contributed by atoms with Crippen LogP contribution in [-0.2, 0) is 4.79 Å². The van der Waals surface area contributed by atoms with E-state index in [1.54, 1.807) is 36.4 Å². The van der Waals surface area contributed by atoms with E-state index in [1.807, 2.05) is 13.8 Å². The molecule has 1 atom stereocenters. The van der Waals surface area contributed by atoms with E-state index in [9.17, 15) is 14.0 Å². The van der Waals surface area contributed by atoms with Gasteiger partial charge in [-0.2, -0.15) is 0 Å². The number of rotatable bonds is 5. The van der Waals surface area contributed by atoms with Gasteiger partial charge in [-0.15, -0.1) is 0 Å². The topological polar surface area (TPSA) is 58.2 Å². The lowest BCUT2D eigenvalue weighted by Gasteiger charge is -2.21. The van der Waals surface area contributed by atoms with Crippen LogP contribution >= 0.6 is 0 Å². The van der Waals surface area contributed by atoms with E-state index in [4.69, 9.17) is 0 Å². The van der Waals surface area contributed by atoms with Crippen LogP contribution in [0.4, 0.5) is 10.1 Å².